The van der Waals surface area contributed by atoms with E-state index in [0.717, 1.165) is 22.5 Å². The summed E-state index contributed by atoms with van der Waals surface area (Å²) in [5, 5.41) is 10.4. The summed E-state index contributed by atoms with van der Waals surface area (Å²) in [6, 6.07) is 15.0. The zero-order valence-corrected chi connectivity index (χ0v) is 22.6. The Hall–Kier alpha value is -4.04. The molecule has 2 heterocycles. The number of carbonyl (C=O) groups is 2. The number of nitrogens with one attached hydrogen (secondary N) is 2. The highest BCUT2D eigenvalue weighted by molar-refractivity contribution is 7.08. The van der Waals surface area contributed by atoms with Crippen LogP contribution in [0.1, 0.15) is 42.7 Å². The maximum Gasteiger partial charge on any atom is 0.254 e. The number of ether oxygens (including phenoxy) is 3. The summed E-state index contributed by atoms with van der Waals surface area (Å²) in [7, 11) is 4.81. The van der Waals surface area contributed by atoms with E-state index in [4.69, 9.17) is 14.2 Å². The molecule has 3 aromatic rings. The molecule has 0 spiro atoms. The maximum absolute atomic E-state index is 13.8. The van der Waals surface area contributed by atoms with Crippen LogP contribution in [0.25, 0.3) is 0 Å². The van der Waals surface area contributed by atoms with Gasteiger partial charge in [0.25, 0.3) is 5.91 Å². The number of hydrogen-bond donors (Lipinski definition) is 2. The summed E-state index contributed by atoms with van der Waals surface area (Å²) < 4.78 is 16.1. The fourth-order valence-electron chi connectivity index (χ4n) is 5.33. The topological polar surface area (TPSA) is 85.9 Å². The Balaban J connectivity index is 1.48. The minimum absolute atomic E-state index is 0.0147. The van der Waals surface area contributed by atoms with Crippen LogP contribution in [-0.2, 0) is 9.59 Å². The molecule has 0 saturated carbocycles. The molecule has 1 aliphatic carbocycles. The molecule has 0 radical (unpaired) electrons. The van der Waals surface area contributed by atoms with Crippen LogP contribution >= 0.6 is 11.3 Å². The summed E-state index contributed by atoms with van der Waals surface area (Å²) in [6.45, 7) is 1.90. The van der Waals surface area contributed by atoms with Crippen LogP contribution in [0, 0.1) is 0 Å². The van der Waals surface area contributed by atoms with Crippen LogP contribution in [0.15, 0.2) is 81.8 Å². The molecule has 1 amide bonds. The summed E-state index contributed by atoms with van der Waals surface area (Å²) in [5.41, 5.74) is 5.45. The lowest BCUT2D eigenvalue weighted by Crippen LogP contribution is -2.36. The number of carbonyl (C=O) groups excluding carboxylic acids is 2. The number of dihydropyridines is 1. The van der Waals surface area contributed by atoms with Gasteiger partial charge in [-0.25, -0.2) is 0 Å². The van der Waals surface area contributed by atoms with E-state index in [1.807, 2.05) is 41.9 Å². The van der Waals surface area contributed by atoms with Crippen LogP contribution in [0.4, 0.5) is 5.69 Å². The molecule has 5 rings (SSSR count). The predicted molar refractivity (Wildman–Crippen MR) is 148 cm³/mol. The van der Waals surface area contributed by atoms with Crippen molar-refractivity contribution in [2.24, 2.45) is 0 Å². The van der Waals surface area contributed by atoms with Crippen LogP contribution < -0.4 is 24.8 Å². The lowest BCUT2D eigenvalue weighted by Gasteiger charge is -2.36. The summed E-state index contributed by atoms with van der Waals surface area (Å²) in [6.07, 6.45) is 1.00. The molecule has 0 fully saturated rings. The van der Waals surface area contributed by atoms with Gasteiger partial charge in [-0.15, -0.1) is 0 Å². The van der Waals surface area contributed by atoms with Crippen LogP contribution in [0.2, 0.25) is 0 Å². The van der Waals surface area contributed by atoms with Crippen molar-refractivity contribution >= 4 is 28.7 Å². The number of thiophene rings is 1. The number of ketones is 1. The van der Waals surface area contributed by atoms with Crippen LogP contribution in [0.3, 0.4) is 0 Å². The van der Waals surface area contributed by atoms with Gasteiger partial charge in [-0.1, -0.05) is 6.07 Å². The molecule has 1 aliphatic heterocycles. The SMILES string of the molecule is COc1ccc(NC(=O)C2=C(C)NC3=C(C(=O)C[C@H](c4ccc(OC)c(OC)c4)C3)[C@@H]2c2ccsc2)cc1. The summed E-state index contributed by atoms with van der Waals surface area (Å²) >= 11 is 1.55. The molecular formula is C30H30N2O5S. The lowest BCUT2D eigenvalue weighted by atomic mass is 9.72. The third-order valence-electron chi connectivity index (χ3n) is 7.18. The second-order valence-corrected chi connectivity index (χ2v) is 10.2. The third kappa shape index (κ3) is 4.79. The average molecular weight is 531 g/mol. The lowest BCUT2D eigenvalue weighted by molar-refractivity contribution is -0.116. The zero-order valence-electron chi connectivity index (χ0n) is 21.8. The molecule has 0 unspecified atom stereocenters. The van der Waals surface area contributed by atoms with Gasteiger partial charge in [0.15, 0.2) is 17.3 Å². The number of allylic oxidation sites excluding steroid dienone is 3. The van der Waals surface area contributed by atoms with E-state index in [9.17, 15) is 9.59 Å². The fraction of sp³-hybridized carbons (Fsp3) is 0.267. The number of benzene rings is 2. The minimum atomic E-state index is -0.436. The molecule has 8 heteroatoms. The summed E-state index contributed by atoms with van der Waals surface area (Å²) in [4.78, 5) is 27.4. The molecule has 0 saturated heterocycles. The van der Waals surface area contributed by atoms with E-state index in [1.165, 1.54) is 0 Å². The van der Waals surface area contributed by atoms with Gasteiger partial charge in [0.1, 0.15) is 5.75 Å². The number of rotatable bonds is 7. The van der Waals surface area contributed by atoms with E-state index in [1.54, 1.807) is 56.9 Å². The van der Waals surface area contributed by atoms with Crippen molar-refractivity contribution in [2.45, 2.75) is 31.6 Å². The fourth-order valence-corrected chi connectivity index (χ4v) is 6.01. The van der Waals surface area contributed by atoms with Crippen LogP contribution in [-0.4, -0.2) is 33.0 Å². The Kier molecular flexibility index (Phi) is 7.24. The molecule has 2 atom stereocenters. The van der Waals surface area contributed by atoms with Gasteiger partial charge < -0.3 is 24.8 Å². The Morgan fingerprint density at radius 1 is 0.947 bits per heavy atom. The average Bonchev–Trinajstić information content (AvgIpc) is 3.47. The monoisotopic (exact) mass is 530 g/mol. The molecule has 7 nitrogen and oxygen atoms in total. The van der Waals surface area contributed by atoms with Crippen molar-refractivity contribution in [2.75, 3.05) is 26.6 Å². The van der Waals surface area contributed by atoms with Crippen molar-refractivity contribution < 1.29 is 23.8 Å². The Morgan fingerprint density at radius 3 is 2.37 bits per heavy atom. The van der Waals surface area contributed by atoms with Gasteiger partial charge in [0.2, 0.25) is 0 Å². The highest BCUT2D eigenvalue weighted by atomic mass is 32.1. The third-order valence-corrected chi connectivity index (χ3v) is 7.88. The largest absolute Gasteiger partial charge is 0.497 e. The first-order valence-corrected chi connectivity index (χ1v) is 13.3. The Labute approximate surface area is 226 Å². The van der Waals surface area contributed by atoms with Crippen molar-refractivity contribution in [1.82, 2.24) is 5.32 Å². The molecule has 2 aromatic carbocycles. The van der Waals surface area contributed by atoms with E-state index in [-0.39, 0.29) is 17.6 Å². The molecule has 0 bridgehead atoms. The number of Topliss-reactive ketones (excluding diaryl/α,β-unsaturated/α-hetero) is 1. The van der Waals surface area contributed by atoms with E-state index in [2.05, 4.69) is 10.6 Å². The van der Waals surface area contributed by atoms with Crippen molar-refractivity contribution in [1.29, 1.82) is 0 Å². The van der Waals surface area contributed by atoms with Gasteiger partial charge in [-0.2, -0.15) is 11.3 Å². The second kappa shape index (κ2) is 10.8. The first-order valence-electron chi connectivity index (χ1n) is 12.4. The van der Waals surface area contributed by atoms with Gasteiger partial charge >= 0.3 is 0 Å². The molecular weight excluding hydrogens is 500 g/mol. The van der Waals surface area contributed by atoms with Gasteiger partial charge in [-0.3, -0.25) is 9.59 Å². The number of amides is 1. The van der Waals surface area contributed by atoms with E-state index >= 15 is 0 Å². The Bertz CT molecular complexity index is 1420. The van der Waals surface area contributed by atoms with Crippen LogP contribution in [0.5, 0.6) is 17.2 Å². The smallest absolute Gasteiger partial charge is 0.254 e. The molecule has 1 aromatic heterocycles. The standard InChI is InChI=1S/C30H30N2O5S/c1-17-27(30(34)32-21-6-8-22(35-2)9-7-21)28(19-11-12-38-16-19)29-23(31-17)13-20(14-24(29)33)18-5-10-25(36-3)26(15-18)37-4/h5-12,15-16,20,28,31H,13-14H2,1-4H3,(H,32,34)/t20-,28-/m1/s1. The number of anilines is 1. The van der Waals surface area contributed by atoms with Crippen molar-refractivity contribution in [3.8, 4) is 17.2 Å². The zero-order chi connectivity index (χ0) is 26.8. The predicted octanol–water partition coefficient (Wildman–Crippen LogP) is 5.77. The van der Waals surface area contributed by atoms with Gasteiger partial charge in [0, 0.05) is 40.6 Å². The second-order valence-electron chi connectivity index (χ2n) is 9.37. The normalized spacial score (nSPS) is 19.0. The first kappa shape index (κ1) is 25.6. The minimum Gasteiger partial charge on any atom is -0.497 e. The number of methoxy groups -OCH3 is 3. The highest BCUT2D eigenvalue weighted by Gasteiger charge is 2.41. The molecule has 196 valence electrons. The van der Waals surface area contributed by atoms with Crippen molar-refractivity contribution in [3.05, 3.63) is 93.0 Å². The van der Waals surface area contributed by atoms with Crippen molar-refractivity contribution in [3.63, 3.8) is 0 Å². The quantitative estimate of drug-likeness (QED) is 0.403. The highest BCUT2D eigenvalue weighted by Crippen LogP contribution is 2.46. The maximum atomic E-state index is 13.8. The number of hydrogen-bond acceptors (Lipinski definition) is 7. The first-order chi connectivity index (χ1) is 18.4. The molecule has 38 heavy (non-hydrogen) atoms. The van der Waals surface area contributed by atoms with E-state index in [0.29, 0.717) is 46.9 Å². The van der Waals surface area contributed by atoms with Gasteiger partial charge in [-0.05, 0) is 83.6 Å². The molecule has 2 aliphatic rings. The van der Waals surface area contributed by atoms with Gasteiger partial charge in [0.05, 0.1) is 21.3 Å². The van der Waals surface area contributed by atoms with E-state index < -0.39 is 5.92 Å². The Morgan fingerprint density at radius 2 is 1.71 bits per heavy atom. The summed E-state index contributed by atoms with van der Waals surface area (Å²) in [5.74, 6) is 1.35. The molecule has 2 N–H and O–H groups in total.